The second kappa shape index (κ2) is 5.29. The van der Waals surface area contributed by atoms with Crippen LogP contribution in [0.1, 0.15) is 65.2 Å². The molecule has 0 aliphatic heterocycles. The first-order valence-electron chi connectivity index (χ1n) is 9.73. The van der Waals surface area contributed by atoms with Crippen molar-refractivity contribution in [2.45, 2.75) is 77.4 Å². The van der Waals surface area contributed by atoms with Crippen molar-refractivity contribution in [3.05, 3.63) is 0 Å². The molecule has 3 nitrogen and oxygen atoms in total. The van der Waals surface area contributed by atoms with Crippen LogP contribution in [-0.4, -0.2) is 25.0 Å². The van der Waals surface area contributed by atoms with Gasteiger partial charge in [-0.25, -0.2) is 0 Å². The maximum atomic E-state index is 12.1. The van der Waals surface area contributed by atoms with Crippen molar-refractivity contribution < 1.29 is 9.53 Å². The maximum absolute atomic E-state index is 12.1. The molecule has 0 bridgehead atoms. The molecule has 0 heterocycles. The Bertz CT molecular complexity index is 506. The van der Waals surface area contributed by atoms with Crippen molar-refractivity contribution in [3.8, 4) is 0 Å². The summed E-state index contributed by atoms with van der Waals surface area (Å²) in [5, 5.41) is 0. The number of methoxy groups -OCH3 is 1. The molecule has 130 valence electrons. The second-order valence-electron chi connectivity index (χ2n) is 9.40. The molecule has 0 saturated heterocycles. The Labute approximate surface area is 140 Å². The number of hydrogen-bond donors (Lipinski definition) is 1. The highest BCUT2D eigenvalue weighted by molar-refractivity contribution is 5.85. The average molecular weight is 319 g/mol. The summed E-state index contributed by atoms with van der Waals surface area (Å²) in [7, 11) is 1.90. The minimum atomic E-state index is -0.196. The number of fused-ring (bicyclic) bond motifs is 5. The number of ether oxygens (including phenoxy) is 1. The van der Waals surface area contributed by atoms with Gasteiger partial charge in [0.05, 0.1) is 12.1 Å². The number of ketones is 1. The molecule has 3 heteroatoms. The van der Waals surface area contributed by atoms with Gasteiger partial charge in [-0.3, -0.25) is 4.79 Å². The lowest BCUT2D eigenvalue weighted by Gasteiger charge is -2.61. The molecule has 8 atom stereocenters. The van der Waals surface area contributed by atoms with E-state index in [1.165, 1.54) is 32.1 Å². The Hall–Kier alpha value is -0.410. The van der Waals surface area contributed by atoms with Crippen LogP contribution >= 0.6 is 0 Å². The minimum absolute atomic E-state index is 0.196. The van der Waals surface area contributed by atoms with Gasteiger partial charge >= 0.3 is 0 Å². The molecule has 4 aliphatic carbocycles. The van der Waals surface area contributed by atoms with Crippen LogP contribution in [0.4, 0.5) is 0 Å². The third-order valence-corrected chi connectivity index (χ3v) is 8.86. The molecule has 0 aromatic rings. The van der Waals surface area contributed by atoms with E-state index in [9.17, 15) is 4.79 Å². The van der Waals surface area contributed by atoms with E-state index in [2.05, 4.69) is 13.8 Å². The number of hydrogen-bond acceptors (Lipinski definition) is 3. The zero-order valence-electron chi connectivity index (χ0n) is 15.0. The average Bonchev–Trinajstić information content (AvgIpc) is 2.88. The van der Waals surface area contributed by atoms with Crippen molar-refractivity contribution in [2.75, 3.05) is 7.11 Å². The summed E-state index contributed by atoms with van der Waals surface area (Å²) in [4.78, 5) is 12.1. The Morgan fingerprint density at radius 2 is 1.65 bits per heavy atom. The molecule has 4 saturated carbocycles. The van der Waals surface area contributed by atoms with Crippen molar-refractivity contribution in [1.82, 2.24) is 0 Å². The van der Waals surface area contributed by atoms with E-state index in [1.54, 1.807) is 0 Å². The summed E-state index contributed by atoms with van der Waals surface area (Å²) in [6.45, 7) is 4.95. The number of carbonyl (C=O) groups excluding carboxylic acids is 1. The first-order valence-corrected chi connectivity index (χ1v) is 9.73. The molecule has 4 fully saturated rings. The molecule has 23 heavy (non-hydrogen) atoms. The fraction of sp³-hybridized carbons (Fsp3) is 0.950. The van der Waals surface area contributed by atoms with E-state index in [4.69, 9.17) is 10.5 Å². The largest absolute Gasteiger partial charge is 0.381 e. The summed E-state index contributed by atoms with van der Waals surface area (Å²) >= 11 is 0. The maximum Gasteiger partial charge on any atom is 0.149 e. The molecule has 0 aromatic carbocycles. The van der Waals surface area contributed by atoms with Gasteiger partial charge in [-0.05, 0) is 79.4 Å². The molecule has 3 unspecified atom stereocenters. The van der Waals surface area contributed by atoms with Crippen LogP contribution in [-0.2, 0) is 9.53 Å². The fourth-order valence-electron chi connectivity index (χ4n) is 7.57. The van der Waals surface area contributed by atoms with Crippen LogP contribution < -0.4 is 5.73 Å². The zero-order chi connectivity index (χ0) is 16.4. The highest BCUT2D eigenvalue weighted by Crippen LogP contribution is 2.66. The SMILES string of the molecule is COC1CC[C@H]2[C@@H]3CCC4C(N)C(=O)CC[C@]4(C)[C@@H]3CC[C@]12C. The highest BCUT2D eigenvalue weighted by atomic mass is 16.5. The smallest absolute Gasteiger partial charge is 0.149 e. The summed E-state index contributed by atoms with van der Waals surface area (Å²) in [6, 6.07) is -0.196. The first-order chi connectivity index (χ1) is 10.9. The Balaban J connectivity index is 1.64. The van der Waals surface area contributed by atoms with Crippen molar-refractivity contribution in [3.63, 3.8) is 0 Å². The van der Waals surface area contributed by atoms with Crippen molar-refractivity contribution in [2.24, 2.45) is 40.2 Å². The van der Waals surface area contributed by atoms with Crippen LogP contribution in [0.25, 0.3) is 0 Å². The quantitative estimate of drug-likeness (QED) is 0.804. The third kappa shape index (κ3) is 2.05. The number of nitrogens with two attached hydrogens (primary N) is 1. The van der Waals surface area contributed by atoms with E-state index < -0.39 is 0 Å². The molecule has 2 N–H and O–H groups in total. The van der Waals surface area contributed by atoms with Crippen LogP contribution in [0.2, 0.25) is 0 Å². The summed E-state index contributed by atoms with van der Waals surface area (Å²) < 4.78 is 5.86. The Morgan fingerprint density at radius 1 is 0.957 bits per heavy atom. The van der Waals surface area contributed by atoms with E-state index in [-0.39, 0.29) is 6.04 Å². The number of carbonyl (C=O) groups is 1. The molecule has 0 radical (unpaired) electrons. The van der Waals surface area contributed by atoms with Crippen LogP contribution in [0.15, 0.2) is 0 Å². The van der Waals surface area contributed by atoms with Crippen molar-refractivity contribution >= 4 is 5.78 Å². The van der Waals surface area contributed by atoms with Crippen LogP contribution in [0.5, 0.6) is 0 Å². The zero-order valence-corrected chi connectivity index (χ0v) is 15.0. The monoisotopic (exact) mass is 319 g/mol. The molecule has 0 spiro atoms. The number of rotatable bonds is 1. The second-order valence-corrected chi connectivity index (χ2v) is 9.40. The van der Waals surface area contributed by atoms with Crippen LogP contribution in [0, 0.1) is 34.5 Å². The predicted octanol–water partition coefficient (Wildman–Crippen LogP) is 3.55. The minimum Gasteiger partial charge on any atom is -0.381 e. The van der Waals surface area contributed by atoms with Gasteiger partial charge in [0.15, 0.2) is 0 Å². The van der Waals surface area contributed by atoms with Gasteiger partial charge in [-0.2, -0.15) is 0 Å². The summed E-state index contributed by atoms with van der Waals surface area (Å²) in [5.74, 6) is 3.16. The van der Waals surface area contributed by atoms with Crippen LogP contribution in [0.3, 0.4) is 0 Å². The lowest BCUT2D eigenvalue weighted by atomic mass is 9.44. The lowest BCUT2D eigenvalue weighted by Crippen LogP contribution is -2.59. The Kier molecular flexibility index (Phi) is 3.70. The first kappa shape index (κ1) is 16.1. The topological polar surface area (TPSA) is 52.3 Å². The molecular formula is C20H33NO2. The van der Waals surface area contributed by atoms with Crippen molar-refractivity contribution in [1.29, 1.82) is 0 Å². The normalized spacial score (nSPS) is 55.9. The van der Waals surface area contributed by atoms with E-state index >= 15 is 0 Å². The Morgan fingerprint density at radius 3 is 2.39 bits per heavy atom. The van der Waals surface area contributed by atoms with Gasteiger partial charge in [0.2, 0.25) is 0 Å². The van der Waals surface area contributed by atoms with Gasteiger partial charge in [-0.1, -0.05) is 13.8 Å². The molecule has 4 rings (SSSR count). The number of Topliss-reactive ketones (excluding diaryl/α,β-unsaturated/α-hetero) is 1. The van der Waals surface area contributed by atoms with E-state index in [0.29, 0.717) is 35.1 Å². The van der Waals surface area contributed by atoms with Gasteiger partial charge in [0.25, 0.3) is 0 Å². The highest BCUT2D eigenvalue weighted by Gasteiger charge is 2.61. The lowest BCUT2D eigenvalue weighted by molar-refractivity contribution is -0.147. The van der Waals surface area contributed by atoms with Gasteiger partial charge in [0.1, 0.15) is 5.78 Å². The standard InChI is InChI=1S/C20H33NO2/c1-19-11-9-16(22)18(21)15(19)5-4-12-13-6-7-17(23-3)20(13,2)10-8-14(12)19/h12-15,17-18H,4-11,21H2,1-3H3/t12-,13-,14+,15?,17?,18?,19+,20-/m0/s1. The molecule has 4 aliphatic rings. The summed E-state index contributed by atoms with van der Waals surface area (Å²) in [5.41, 5.74) is 7.02. The summed E-state index contributed by atoms with van der Waals surface area (Å²) in [6.07, 6.45) is 9.85. The third-order valence-electron chi connectivity index (χ3n) is 8.86. The van der Waals surface area contributed by atoms with Gasteiger partial charge in [-0.15, -0.1) is 0 Å². The molecule has 0 aromatic heterocycles. The fourth-order valence-corrected chi connectivity index (χ4v) is 7.57. The molecular weight excluding hydrogens is 286 g/mol. The molecule has 0 amide bonds. The van der Waals surface area contributed by atoms with Gasteiger partial charge in [0, 0.05) is 13.5 Å². The van der Waals surface area contributed by atoms with E-state index in [1.807, 2.05) is 7.11 Å². The van der Waals surface area contributed by atoms with E-state index in [0.717, 1.165) is 30.6 Å². The van der Waals surface area contributed by atoms with Gasteiger partial charge < -0.3 is 10.5 Å². The predicted molar refractivity (Wildman–Crippen MR) is 90.9 cm³/mol.